The summed E-state index contributed by atoms with van der Waals surface area (Å²) < 4.78 is 3.97. The average molecular weight is 423 g/mol. The summed E-state index contributed by atoms with van der Waals surface area (Å²) in [5.41, 5.74) is 5.24. The zero-order valence-corrected chi connectivity index (χ0v) is 20.7. The van der Waals surface area contributed by atoms with Gasteiger partial charge in [0.25, 0.3) is 0 Å². The molecular weight excluding hydrogens is 380 g/mol. The maximum Gasteiger partial charge on any atom is 0.333 e. The molecule has 0 amide bonds. The summed E-state index contributed by atoms with van der Waals surface area (Å²) in [5.74, 6) is 1.81. The Morgan fingerprint density at radius 2 is 1.52 bits per heavy atom. The normalized spacial score (nSPS) is 22.1. The van der Waals surface area contributed by atoms with E-state index < -0.39 is 0 Å². The Balaban J connectivity index is 2.19. The van der Waals surface area contributed by atoms with Gasteiger partial charge in [-0.2, -0.15) is 0 Å². The average Bonchev–Trinajstić information content (AvgIpc) is 3.17. The summed E-state index contributed by atoms with van der Waals surface area (Å²) in [6.07, 6.45) is 12.0. The summed E-state index contributed by atoms with van der Waals surface area (Å²) in [6, 6.07) is 6.77. The molecule has 1 aromatic carbocycles. The molecule has 0 saturated heterocycles. The van der Waals surface area contributed by atoms with Gasteiger partial charge in [0.1, 0.15) is 0 Å². The van der Waals surface area contributed by atoms with E-state index in [0.29, 0.717) is 23.7 Å². The molecule has 1 aliphatic rings. The predicted octanol–water partition coefficient (Wildman–Crippen LogP) is 7.61. The zero-order valence-electron chi connectivity index (χ0n) is 20.7. The smallest absolute Gasteiger partial charge is 0.291 e. The minimum absolute atomic E-state index is 0.105. The number of hydrogen-bond acceptors (Lipinski definition) is 1. The molecule has 0 N–H and O–H groups in total. The lowest BCUT2D eigenvalue weighted by Gasteiger charge is -2.34. The quantitative estimate of drug-likeness (QED) is 0.402. The molecule has 31 heavy (non-hydrogen) atoms. The standard InChI is InChI=1S/C28H42N2O/c1-8-19(4)23-14-11-13-22(7)26(23)29-17-18-30(28(29)31)27-24(20(5)9-2)15-12-16-25(27)21(6)10-3/h12,14-22,26H,8-11,13H2,1-7H3. The molecule has 2 aromatic rings. The lowest BCUT2D eigenvalue weighted by atomic mass is 9.79. The number of imidazole rings is 1. The van der Waals surface area contributed by atoms with Gasteiger partial charge in [0.05, 0.1) is 11.7 Å². The van der Waals surface area contributed by atoms with E-state index in [2.05, 4.69) is 72.7 Å². The van der Waals surface area contributed by atoms with E-state index in [1.807, 2.05) is 21.5 Å². The van der Waals surface area contributed by atoms with Crippen molar-refractivity contribution in [3.63, 3.8) is 0 Å². The van der Waals surface area contributed by atoms with Gasteiger partial charge in [-0.25, -0.2) is 4.79 Å². The fraction of sp³-hybridized carbons (Fsp3) is 0.607. The fourth-order valence-electron chi connectivity index (χ4n) is 5.15. The van der Waals surface area contributed by atoms with Gasteiger partial charge in [0.15, 0.2) is 0 Å². The Hall–Kier alpha value is -2.03. The number of nitrogens with zero attached hydrogens (tertiary/aromatic N) is 2. The van der Waals surface area contributed by atoms with Crippen molar-refractivity contribution in [3.05, 3.63) is 63.9 Å². The molecule has 0 aliphatic heterocycles. The molecule has 0 radical (unpaired) electrons. The van der Waals surface area contributed by atoms with E-state index >= 15 is 0 Å². The summed E-state index contributed by atoms with van der Waals surface area (Å²) in [4.78, 5) is 13.9. The van der Waals surface area contributed by atoms with Crippen molar-refractivity contribution >= 4 is 0 Å². The molecule has 170 valence electrons. The van der Waals surface area contributed by atoms with Crippen LogP contribution in [0.5, 0.6) is 0 Å². The number of hydrogen-bond donors (Lipinski definition) is 0. The first-order valence-corrected chi connectivity index (χ1v) is 12.5. The van der Waals surface area contributed by atoms with Crippen LogP contribution >= 0.6 is 0 Å². The Kier molecular flexibility index (Phi) is 7.67. The summed E-state index contributed by atoms with van der Waals surface area (Å²) >= 11 is 0. The first-order valence-electron chi connectivity index (χ1n) is 12.5. The van der Waals surface area contributed by atoms with E-state index in [0.717, 1.165) is 37.8 Å². The maximum absolute atomic E-state index is 13.9. The molecule has 0 fully saturated rings. The lowest BCUT2D eigenvalue weighted by molar-refractivity contribution is 0.326. The van der Waals surface area contributed by atoms with E-state index in [1.165, 1.54) is 16.7 Å². The molecule has 5 atom stereocenters. The highest BCUT2D eigenvalue weighted by Gasteiger charge is 2.31. The summed E-state index contributed by atoms with van der Waals surface area (Å²) in [6.45, 7) is 15.9. The highest BCUT2D eigenvalue weighted by atomic mass is 16.1. The van der Waals surface area contributed by atoms with Gasteiger partial charge in [-0.1, -0.05) is 72.7 Å². The fourth-order valence-corrected chi connectivity index (χ4v) is 5.15. The Morgan fingerprint density at radius 3 is 2.06 bits per heavy atom. The van der Waals surface area contributed by atoms with Crippen molar-refractivity contribution in [3.8, 4) is 5.69 Å². The SMILES string of the molecule is CCC(C)C1=CCCC(C)C1n1ccn(-c2c(C(C)CC)cccc2C(C)CC)c1=O. The molecule has 1 heterocycles. The van der Waals surface area contributed by atoms with Gasteiger partial charge in [-0.05, 0) is 72.5 Å². The van der Waals surface area contributed by atoms with E-state index in [1.54, 1.807) is 0 Å². The number of aromatic nitrogens is 2. The van der Waals surface area contributed by atoms with Gasteiger partial charge in [0, 0.05) is 12.4 Å². The van der Waals surface area contributed by atoms with Crippen LogP contribution in [0.3, 0.4) is 0 Å². The van der Waals surface area contributed by atoms with Crippen LogP contribution in [0, 0.1) is 11.8 Å². The minimum Gasteiger partial charge on any atom is -0.291 e. The van der Waals surface area contributed by atoms with Crippen LogP contribution in [-0.4, -0.2) is 9.13 Å². The summed E-state index contributed by atoms with van der Waals surface area (Å²) in [7, 11) is 0. The molecule has 1 aromatic heterocycles. The third-order valence-electron chi connectivity index (χ3n) is 7.79. The van der Waals surface area contributed by atoms with Crippen LogP contribution < -0.4 is 5.69 Å². The Bertz CT molecular complexity index is 935. The van der Waals surface area contributed by atoms with Gasteiger partial charge in [0.2, 0.25) is 0 Å². The van der Waals surface area contributed by atoms with Crippen LogP contribution in [0.25, 0.3) is 5.69 Å². The van der Waals surface area contributed by atoms with Gasteiger partial charge in [-0.15, -0.1) is 0 Å². The van der Waals surface area contributed by atoms with Crippen molar-refractivity contribution in [1.29, 1.82) is 0 Å². The number of para-hydroxylation sites is 1. The molecule has 5 unspecified atom stereocenters. The highest BCUT2D eigenvalue weighted by Crippen LogP contribution is 2.39. The second-order valence-electron chi connectivity index (χ2n) is 9.77. The maximum atomic E-state index is 13.9. The molecule has 0 saturated carbocycles. The third kappa shape index (κ3) is 4.47. The van der Waals surface area contributed by atoms with Crippen molar-refractivity contribution in [2.24, 2.45) is 11.8 Å². The van der Waals surface area contributed by atoms with E-state index in [4.69, 9.17) is 0 Å². The lowest BCUT2D eigenvalue weighted by Crippen LogP contribution is -2.34. The van der Waals surface area contributed by atoms with Gasteiger partial charge in [-0.3, -0.25) is 9.13 Å². The molecule has 3 heteroatoms. The second kappa shape index (κ2) is 10.1. The monoisotopic (exact) mass is 422 g/mol. The van der Waals surface area contributed by atoms with Crippen LogP contribution in [0.2, 0.25) is 0 Å². The minimum atomic E-state index is 0.105. The number of benzene rings is 1. The Morgan fingerprint density at radius 1 is 0.935 bits per heavy atom. The second-order valence-corrected chi connectivity index (χ2v) is 9.77. The molecular formula is C28H42N2O. The summed E-state index contributed by atoms with van der Waals surface area (Å²) in [5, 5.41) is 0. The largest absolute Gasteiger partial charge is 0.333 e. The first-order chi connectivity index (χ1) is 14.8. The van der Waals surface area contributed by atoms with Crippen LogP contribution in [0.1, 0.15) is 110 Å². The van der Waals surface area contributed by atoms with E-state index in [-0.39, 0.29) is 11.7 Å². The van der Waals surface area contributed by atoms with Crippen molar-refractivity contribution in [2.45, 2.75) is 98.4 Å². The van der Waals surface area contributed by atoms with Crippen molar-refractivity contribution in [1.82, 2.24) is 9.13 Å². The predicted molar refractivity (Wildman–Crippen MR) is 132 cm³/mol. The Labute approximate surface area is 189 Å². The van der Waals surface area contributed by atoms with Crippen LogP contribution in [0.15, 0.2) is 47.0 Å². The van der Waals surface area contributed by atoms with Crippen molar-refractivity contribution in [2.75, 3.05) is 0 Å². The number of allylic oxidation sites excluding steroid dienone is 2. The van der Waals surface area contributed by atoms with Crippen LogP contribution in [-0.2, 0) is 0 Å². The topological polar surface area (TPSA) is 26.9 Å². The zero-order chi connectivity index (χ0) is 22.7. The molecule has 1 aliphatic carbocycles. The van der Waals surface area contributed by atoms with Gasteiger partial charge >= 0.3 is 5.69 Å². The number of rotatable bonds is 8. The van der Waals surface area contributed by atoms with Gasteiger partial charge < -0.3 is 0 Å². The molecule has 0 spiro atoms. The molecule has 3 rings (SSSR count). The third-order valence-corrected chi connectivity index (χ3v) is 7.79. The molecule has 0 bridgehead atoms. The molecule has 3 nitrogen and oxygen atoms in total. The van der Waals surface area contributed by atoms with Crippen LogP contribution in [0.4, 0.5) is 0 Å². The first kappa shape index (κ1) is 23.6. The van der Waals surface area contributed by atoms with E-state index in [9.17, 15) is 4.79 Å². The van der Waals surface area contributed by atoms with Crippen molar-refractivity contribution < 1.29 is 0 Å². The highest BCUT2D eigenvalue weighted by molar-refractivity contribution is 5.51.